The van der Waals surface area contributed by atoms with Crippen molar-refractivity contribution in [3.8, 4) is 0 Å². The van der Waals surface area contributed by atoms with Crippen LogP contribution >= 0.6 is 0 Å². The van der Waals surface area contributed by atoms with Gasteiger partial charge in [-0.2, -0.15) is 4.39 Å². The molecule has 0 bridgehead atoms. The van der Waals surface area contributed by atoms with E-state index >= 15 is 0 Å². The summed E-state index contributed by atoms with van der Waals surface area (Å²) in [5, 5.41) is 2.68. The molecule has 6 nitrogen and oxygen atoms in total. The average Bonchev–Trinajstić information content (AvgIpc) is 2.51. The van der Waals surface area contributed by atoms with Crippen molar-refractivity contribution in [2.45, 2.75) is 25.3 Å². The van der Waals surface area contributed by atoms with Gasteiger partial charge in [-0.3, -0.25) is 14.6 Å². The van der Waals surface area contributed by atoms with Gasteiger partial charge in [0.2, 0.25) is 5.82 Å². The van der Waals surface area contributed by atoms with Gasteiger partial charge in [0.25, 0.3) is 11.5 Å². The zero-order valence-electron chi connectivity index (χ0n) is 11.6. The molecule has 0 aliphatic heterocycles. The predicted molar refractivity (Wildman–Crippen MR) is 77.2 cm³/mol. The third kappa shape index (κ3) is 2.57. The lowest BCUT2D eigenvalue weighted by molar-refractivity contribution is 0.0922. The molecule has 7 heteroatoms. The van der Waals surface area contributed by atoms with Crippen LogP contribution in [0.4, 0.5) is 4.39 Å². The molecule has 3 rings (SSSR count). The lowest BCUT2D eigenvalue weighted by Gasteiger charge is -2.26. The number of benzene rings is 1. The highest BCUT2D eigenvalue weighted by atomic mass is 19.1. The minimum atomic E-state index is -1.29. The number of aromatic amines is 2. The maximum atomic E-state index is 13.7. The van der Waals surface area contributed by atoms with Crippen LogP contribution in [0.15, 0.2) is 33.9 Å². The van der Waals surface area contributed by atoms with Crippen LogP contribution in [-0.4, -0.2) is 15.9 Å². The molecule has 114 valence electrons. The van der Waals surface area contributed by atoms with Crippen LogP contribution in [0.2, 0.25) is 0 Å². The van der Waals surface area contributed by atoms with E-state index in [1.54, 1.807) is 4.98 Å². The van der Waals surface area contributed by atoms with E-state index in [0.717, 1.165) is 30.4 Å². The standard InChI is InChI=1S/C15H14FN3O3/c16-11-12(18-15(22)19-13(11)20)14(21)17-10-7-3-5-8-4-1-2-6-9(8)10/h1-2,4,6,10H,3,5,7H2,(H,17,21)(H2,18,19,20,22)/t10-/m0/s1. The van der Waals surface area contributed by atoms with Crippen LogP contribution in [0.1, 0.15) is 40.5 Å². The van der Waals surface area contributed by atoms with Crippen LogP contribution in [-0.2, 0) is 6.42 Å². The summed E-state index contributed by atoms with van der Waals surface area (Å²) < 4.78 is 13.7. The molecule has 22 heavy (non-hydrogen) atoms. The minimum Gasteiger partial charge on any atom is -0.344 e. The van der Waals surface area contributed by atoms with Crippen molar-refractivity contribution in [2.24, 2.45) is 0 Å². The molecule has 1 aromatic heterocycles. The number of amides is 1. The summed E-state index contributed by atoms with van der Waals surface area (Å²) in [5.74, 6) is -2.09. The highest BCUT2D eigenvalue weighted by Crippen LogP contribution is 2.29. The first kappa shape index (κ1) is 14.2. The Hall–Kier alpha value is -2.70. The highest BCUT2D eigenvalue weighted by Gasteiger charge is 2.24. The molecule has 1 amide bonds. The molecule has 2 aromatic rings. The normalized spacial score (nSPS) is 16.9. The van der Waals surface area contributed by atoms with Crippen molar-refractivity contribution >= 4 is 5.91 Å². The molecule has 0 saturated carbocycles. The van der Waals surface area contributed by atoms with E-state index in [0.29, 0.717) is 0 Å². The molecule has 0 unspecified atom stereocenters. The van der Waals surface area contributed by atoms with Crippen LogP contribution in [0, 0.1) is 5.82 Å². The highest BCUT2D eigenvalue weighted by molar-refractivity contribution is 5.92. The molecule has 1 aliphatic carbocycles. The van der Waals surface area contributed by atoms with Gasteiger partial charge in [0.1, 0.15) is 5.69 Å². The Bertz CT molecular complexity index is 840. The fourth-order valence-corrected chi connectivity index (χ4v) is 2.76. The molecule has 1 aromatic carbocycles. The Balaban J connectivity index is 1.90. The summed E-state index contributed by atoms with van der Waals surface area (Å²) in [6.45, 7) is 0. The number of H-pyrrole nitrogens is 2. The van der Waals surface area contributed by atoms with Gasteiger partial charge in [0, 0.05) is 0 Å². The molecule has 0 spiro atoms. The molecule has 1 aliphatic rings. The molecule has 1 heterocycles. The number of rotatable bonds is 2. The van der Waals surface area contributed by atoms with Gasteiger partial charge >= 0.3 is 5.69 Å². The van der Waals surface area contributed by atoms with Crippen molar-refractivity contribution in [3.63, 3.8) is 0 Å². The topological polar surface area (TPSA) is 94.8 Å². The van der Waals surface area contributed by atoms with Crippen molar-refractivity contribution in [3.05, 3.63) is 67.7 Å². The number of carbonyl (C=O) groups excluding carboxylic acids is 1. The van der Waals surface area contributed by atoms with Gasteiger partial charge in [-0.25, -0.2) is 4.79 Å². The molecule has 0 radical (unpaired) electrons. The van der Waals surface area contributed by atoms with Crippen molar-refractivity contribution < 1.29 is 9.18 Å². The van der Waals surface area contributed by atoms with Crippen molar-refractivity contribution in [1.82, 2.24) is 15.3 Å². The van der Waals surface area contributed by atoms with Crippen LogP contribution < -0.4 is 16.6 Å². The SMILES string of the molecule is O=C(N[C@H]1CCCc2ccccc21)c1[nH]c(=O)[nH]c(=O)c1F. The molecule has 0 fully saturated rings. The first-order valence-corrected chi connectivity index (χ1v) is 6.97. The van der Waals surface area contributed by atoms with E-state index in [-0.39, 0.29) is 6.04 Å². The Morgan fingerprint density at radius 1 is 1.23 bits per heavy atom. The molecule has 0 saturated heterocycles. The van der Waals surface area contributed by atoms with E-state index in [1.165, 1.54) is 0 Å². The van der Waals surface area contributed by atoms with Gasteiger partial charge in [-0.1, -0.05) is 24.3 Å². The molecular weight excluding hydrogens is 289 g/mol. The minimum absolute atomic E-state index is 0.264. The zero-order valence-corrected chi connectivity index (χ0v) is 11.6. The van der Waals surface area contributed by atoms with E-state index in [1.807, 2.05) is 29.2 Å². The number of aryl methyl sites for hydroxylation is 1. The largest absolute Gasteiger partial charge is 0.344 e. The maximum absolute atomic E-state index is 13.7. The fourth-order valence-electron chi connectivity index (χ4n) is 2.76. The Kier molecular flexibility index (Phi) is 3.62. The van der Waals surface area contributed by atoms with E-state index in [4.69, 9.17) is 0 Å². The second-order valence-corrected chi connectivity index (χ2v) is 5.21. The summed E-state index contributed by atoms with van der Waals surface area (Å²) in [7, 11) is 0. The average molecular weight is 303 g/mol. The Labute approximate surface area is 124 Å². The van der Waals surface area contributed by atoms with Crippen LogP contribution in [0.25, 0.3) is 0 Å². The summed E-state index contributed by atoms with van der Waals surface area (Å²) in [6, 6.07) is 7.44. The van der Waals surface area contributed by atoms with Gasteiger partial charge < -0.3 is 10.3 Å². The predicted octanol–water partition coefficient (Wildman–Crippen LogP) is 1.01. The maximum Gasteiger partial charge on any atom is 0.326 e. The monoisotopic (exact) mass is 303 g/mol. The summed E-state index contributed by atoms with van der Waals surface area (Å²) in [6.07, 6.45) is 2.55. The second-order valence-electron chi connectivity index (χ2n) is 5.21. The number of hydrogen-bond donors (Lipinski definition) is 3. The second kappa shape index (κ2) is 5.59. The summed E-state index contributed by atoms with van der Waals surface area (Å²) >= 11 is 0. The third-order valence-electron chi connectivity index (χ3n) is 3.79. The van der Waals surface area contributed by atoms with Gasteiger partial charge in [-0.05, 0) is 30.4 Å². The number of fused-ring (bicyclic) bond motifs is 1. The first-order chi connectivity index (χ1) is 10.6. The summed E-state index contributed by atoms with van der Waals surface area (Å²) in [5.41, 5.74) is -0.649. The lowest BCUT2D eigenvalue weighted by atomic mass is 9.87. The smallest absolute Gasteiger partial charge is 0.326 e. The van der Waals surface area contributed by atoms with Gasteiger partial charge in [0.05, 0.1) is 6.04 Å². The van der Waals surface area contributed by atoms with Crippen molar-refractivity contribution in [2.75, 3.05) is 0 Å². The first-order valence-electron chi connectivity index (χ1n) is 6.97. The number of hydrogen-bond acceptors (Lipinski definition) is 3. The third-order valence-corrected chi connectivity index (χ3v) is 3.79. The lowest BCUT2D eigenvalue weighted by Crippen LogP contribution is -2.36. The van der Waals surface area contributed by atoms with Crippen LogP contribution in [0.3, 0.4) is 0 Å². The number of nitrogens with one attached hydrogen (secondary N) is 3. The fraction of sp³-hybridized carbons (Fsp3) is 0.267. The molecule has 3 N–H and O–H groups in total. The quantitative estimate of drug-likeness (QED) is 0.772. The van der Waals surface area contributed by atoms with Gasteiger partial charge in [0.15, 0.2) is 0 Å². The Morgan fingerprint density at radius 3 is 2.82 bits per heavy atom. The van der Waals surface area contributed by atoms with Crippen LogP contribution in [0.5, 0.6) is 0 Å². The van der Waals surface area contributed by atoms with Crippen molar-refractivity contribution in [1.29, 1.82) is 0 Å². The van der Waals surface area contributed by atoms with E-state index in [2.05, 4.69) is 5.32 Å². The zero-order chi connectivity index (χ0) is 15.7. The molecule has 1 atom stereocenters. The molecular formula is C15H14FN3O3. The summed E-state index contributed by atoms with van der Waals surface area (Å²) in [4.78, 5) is 38.4. The van der Waals surface area contributed by atoms with E-state index < -0.39 is 28.7 Å². The van der Waals surface area contributed by atoms with Gasteiger partial charge in [-0.15, -0.1) is 0 Å². The Morgan fingerprint density at radius 2 is 2.00 bits per heavy atom. The number of halogens is 1. The number of carbonyl (C=O) groups is 1. The van der Waals surface area contributed by atoms with E-state index in [9.17, 15) is 18.8 Å². The number of aromatic nitrogens is 2.